The van der Waals surface area contributed by atoms with E-state index in [9.17, 15) is 4.39 Å². The SMILES string of the molecule is COC(C)(C)CCOCc1cc(F)cc(C#CCN)c1. The van der Waals surface area contributed by atoms with Crippen molar-refractivity contribution in [1.82, 2.24) is 0 Å². The summed E-state index contributed by atoms with van der Waals surface area (Å²) in [7, 11) is 1.68. The monoisotopic (exact) mass is 279 g/mol. The van der Waals surface area contributed by atoms with Crippen molar-refractivity contribution in [2.24, 2.45) is 5.73 Å². The van der Waals surface area contributed by atoms with E-state index >= 15 is 0 Å². The maximum atomic E-state index is 13.4. The van der Waals surface area contributed by atoms with Crippen LogP contribution < -0.4 is 5.73 Å². The first-order valence-electron chi connectivity index (χ1n) is 6.58. The average molecular weight is 279 g/mol. The summed E-state index contributed by atoms with van der Waals surface area (Å²) in [6.45, 7) is 5.17. The van der Waals surface area contributed by atoms with Gasteiger partial charge in [-0.1, -0.05) is 11.8 Å². The molecule has 0 amide bonds. The van der Waals surface area contributed by atoms with E-state index in [2.05, 4.69) is 11.8 Å². The average Bonchev–Trinajstić information content (AvgIpc) is 2.41. The van der Waals surface area contributed by atoms with Crippen LogP contribution in [0.25, 0.3) is 0 Å². The molecule has 0 fully saturated rings. The van der Waals surface area contributed by atoms with Gasteiger partial charge < -0.3 is 15.2 Å². The van der Waals surface area contributed by atoms with E-state index in [1.807, 2.05) is 19.9 Å². The molecule has 0 heterocycles. The number of benzene rings is 1. The Bertz CT molecular complexity index is 489. The van der Waals surface area contributed by atoms with Gasteiger partial charge in [0.1, 0.15) is 5.82 Å². The molecule has 1 rings (SSSR count). The molecule has 0 unspecified atom stereocenters. The molecule has 0 bridgehead atoms. The Morgan fingerprint density at radius 1 is 1.30 bits per heavy atom. The minimum atomic E-state index is -0.315. The maximum Gasteiger partial charge on any atom is 0.124 e. The molecule has 2 N–H and O–H groups in total. The second-order valence-corrected chi connectivity index (χ2v) is 5.12. The fourth-order valence-electron chi connectivity index (χ4n) is 1.57. The highest BCUT2D eigenvalue weighted by Gasteiger charge is 2.15. The van der Waals surface area contributed by atoms with Crippen molar-refractivity contribution in [3.63, 3.8) is 0 Å². The molecule has 1 aromatic carbocycles. The third-order valence-corrected chi connectivity index (χ3v) is 2.96. The lowest BCUT2D eigenvalue weighted by Crippen LogP contribution is -2.24. The van der Waals surface area contributed by atoms with Crippen molar-refractivity contribution in [3.05, 3.63) is 35.1 Å². The molecule has 0 aromatic heterocycles. The van der Waals surface area contributed by atoms with Crippen LogP contribution in [0.5, 0.6) is 0 Å². The van der Waals surface area contributed by atoms with Gasteiger partial charge in [0, 0.05) is 19.3 Å². The molecule has 3 nitrogen and oxygen atoms in total. The summed E-state index contributed by atoms with van der Waals surface area (Å²) in [6.07, 6.45) is 0.776. The second kappa shape index (κ2) is 8.01. The lowest BCUT2D eigenvalue weighted by molar-refractivity contribution is -0.0124. The van der Waals surface area contributed by atoms with Gasteiger partial charge in [-0.05, 0) is 44.0 Å². The first-order valence-corrected chi connectivity index (χ1v) is 6.58. The molecule has 0 aliphatic rings. The molecular formula is C16H22FNO2. The van der Waals surface area contributed by atoms with Gasteiger partial charge in [-0.2, -0.15) is 0 Å². The molecule has 0 spiro atoms. The third-order valence-electron chi connectivity index (χ3n) is 2.96. The quantitative estimate of drug-likeness (QED) is 0.642. The Morgan fingerprint density at radius 3 is 2.70 bits per heavy atom. The number of halogens is 1. The highest BCUT2D eigenvalue weighted by atomic mass is 19.1. The Labute approximate surface area is 120 Å². The summed E-state index contributed by atoms with van der Waals surface area (Å²) < 4.78 is 24.3. The van der Waals surface area contributed by atoms with Gasteiger partial charge in [0.05, 0.1) is 18.8 Å². The maximum absolute atomic E-state index is 13.4. The number of nitrogens with two attached hydrogens (primary N) is 1. The largest absolute Gasteiger partial charge is 0.379 e. The minimum absolute atomic E-state index is 0.209. The van der Waals surface area contributed by atoms with Gasteiger partial charge in [-0.15, -0.1) is 0 Å². The first kappa shape index (κ1) is 16.6. The highest BCUT2D eigenvalue weighted by molar-refractivity contribution is 5.37. The lowest BCUT2D eigenvalue weighted by Gasteiger charge is -2.22. The van der Waals surface area contributed by atoms with Crippen LogP contribution in [-0.4, -0.2) is 25.9 Å². The second-order valence-electron chi connectivity index (χ2n) is 5.12. The van der Waals surface area contributed by atoms with Crippen LogP contribution in [0.3, 0.4) is 0 Å². The zero-order valence-electron chi connectivity index (χ0n) is 12.3. The molecule has 0 atom stereocenters. The van der Waals surface area contributed by atoms with Crippen molar-refractivity contribution in [1.29, 1.82) is 0 Å². The van der Waals surface area contributed by atoms with E-state index in [4.69, 9.17) is 15.2 Å². The molecule has 0 aliphatic carbocycles. The van der Waals surface area contributed by atoms with Gasteiger partial charge in [0.15, 0.2) is 0 Å². The zero-order chi connectivity index (χ0) is 15.0. The molecule has 0 aliphatic heterocycles. The summed E-state index contributed by atoms with van der Waals surface area (Å²) in [5, 5.41) is 0. The van der Waals surface area contributed by atoms with Crippen molar-refractivity contribution >= 4 is 0 Å². The van der Waals surface area contributed by atoms with Gasteiger partial charge in [-0.3, -0.25) is 0 Å². The third kappa shape index (κ3) is 6.16. The molecule has 0 saturated carbocycles. The molecule has 110 valence electrons. The van der Waals surface area contributed by atoms with E-state index in [-0.39, 0.29) is 18.0 Å². The van der Waals surface area contributed by atoms with E-state index in [1.54, 1.807) is 7.11 Å². The van der Waals surface area contributed by atoms with Crippen LogP contribution in [0.2, 0.25) is 0 Å². The van der Waals surface area contributed by atoms with Crippen LogP contribution in [0, 0.1) is 17.7 Å². The molecular weight excluding hydrogens is 257 g/mol. The summed E-state index contributed by atoms with van der Waals surface area (Å²) in [4.78, 5) is 0. The van der Waals surface area contributed by atoms with Crippen LogP contribution in [0.1, 0.15) is 31.4 Å². The van der Waals surface area contributed by atoms with Crippen LogP contribution >= 0.6 is 0 Å². The molecule has 20 heavy (non-hydrogen) atoms. The van der Waals surface area contributed by atoms with Crippen LogP contribution in [0.4, 0.5) is 4.39 Å². The molecule has 0 radical (unpaired) electrons. The Hall–Kier alpha value is -1.41. The lowest BCUT2D eigenvalue weighted by atomic mass is 10.1. The Morgan fingerprint density at radius 2 is 2.05 bits per heavy atom. The van der Waals surface area contributed by atoms with Crippen molar-refractivity contribution in [3.8, 4) is 11.8 Å². The van der Waals surface area contributed by atoms with Gasteiger partial charge in [0.2, 0.25) is 0 Å². The van der Waals surface area contributed by atoms with E-state index in [0.717, 1.165) is 12.0 Å². The molecule has 4 heteroatoms. The van der Waals surface area contributed by atoms with E-state index in [0.29, 0.717) is 18.8 Å². The van der Waals surface area contributed by atoms with Crippen molar-refractivity contribution in [2.75, 3.05) is 20.3 Å². The van der Waals surface area contributed by atoms with Crippen LogP contribution in [0.15, 0.2) is 18.2 Å². The first-order chi connectivity index (χ1) is 9.46. The van der Waals surface area contributed by atoms with Crippen molar-refractivity contribution in [2.45, 2.75) is 32.5 Å². The fourth-order valence-corrected chi connectivity index (χ4v) is 1.57. The number of methoxy groups -OCH3 is 1. The number of hydrogen-bond donors (Lipinski definition) is 1. The zero-order valence-corrected chi connectivity index (χ0v) is 12.3. The van der Waals surface area contributed by atoms with Crippen molar-refractivity contribution < 1.29 is 13.9 Å². The topological polar surface area (TPSA) is 44.5 Å². The molecule has 1 aromatic rings. The predicted molar refractivity (Wildman–Crippen MR) is 77.7 cm³/mol. The number of ether oxygens (including phenoxy) is 2. The Balaban J connectivity index is 2.54. The highest BCUT2D eigenvalue weighted by Crippen LogP contribution is 2.14. The number of hydrogen-bond acceptors (Lipinski definition) is 3. The van der Waals surface area contributed by atoms with Gasteiger partial charge >= 0.3 is 0 Å². The minimum Gasteiger partial charge on any atom is -0.379 e. The smallest absolute Gasteiger partial charge is 0.124 e. The normalized spacial score (nSPS) is 11.1. The van der Waals surface area contributed by atoms with E-state index in [1.165, 1.54) is 12.1 Å². The fraction of sp³-hybridized carbons (Fsp3) is 0.500. The molecule has 0 saturated heterocycles. The number of rotatable bonds is 6. The Kier molecular flexibility index (Phi) is 6.66. The summed E-state index contributed by atoms with van der Waals surface area (Å²) in [5.74, 6) is 5.21. The summed E-state index contributed by atoms with van der Waals surface area (Å²) in [5.41, 5.74) is 6.47. The summed E-state index contributed by atoms with van der Waals surface area (Å²) in [6, 6.07) is 4.66. The van der Waals surface area contributed by atoms with Crippen LogP contribution in [-0.2, 0) is 16.1 Å². The van der Waals surface area contributed by atoms with Gasteiger partial charge in [-0.25, -0.2) is 4.39 Å². The van der Waals surface area contributed by atoms with Gasteiger partial charge in [0.25, 0.3) is 0 Å². The van der Waals surface area contributed by atoms with E-state index < -0.39 is 0 Å². The summed E-state index contributed by atoms with van der Waals surface area (Å²) >= 11 is 0. The predicted octanol–water partition coefficient (Wildman–Crippen LogP) is 2.47. The standard InChI is InChI=1S/C16H22FNO2/c1-16(2,19-3)6-8-20-12-14-9-13(5-4-7-18)10-15(17)11-14/h9-11H,6-8,12,18H2,1-3H3.